The molecule has 0 spiro atoms. The highest BCUT2D eigenvalue weighted by atomic mass is 32.2. The zero-order chi connectivity index (χ0) is 9.68. The van der Waals surface area contributed by atoms with Crippen molar-refractivity contribution in [1.29, 1.82) is 0 Å². The molecule has 0 radical (unpaired) electrons. The summed E-state index contributed by atoms with van der Waals surface area (Å²) in [5, 5.41) is 2.71. The highest BCUT2D eigenvalue weighted by Gasteiger charge is 2.23. The van der Waals surface area contributed by atoms with Crippen molar-refractivity contribution in [2.24, 2.45) is 0 Å². The fourth-order valence-corrected chi connectivity index (χ4v) is 1.50. The maximum absolute atomic E-state index is 11.0. The SMILES string of the molecule is CSCC(=O)NCC1CCC(=O)O1. The Bertz CT molecular complexity index is 208. The van der Waals surface area contributed by atoms with Crippen LogP contribution >= 0.6 is 11.8 Å². The maximum Gasteiger partial charge on any atom is 0.306 e. The number of rotatable bonds is 4. The number of amides is 1. The number of hydrogen-bond acceptors (Lipinski definition) is 4. The molecule has 0 aromatic carbocycles. The Kier molecular flexibility index (Phi) is 4.08. The highest BCUT2D eigenvalue weighted by molar-refractivity contribution is 7.99. The average molecular weight is 203 g/mol. The van der Waals surface area contributed by atoms with Crippen LogP contribution in [0.4, 0.5) is 0 Å². The number of esters is 1. The van der Waals surface area contributed by atoms with Crippen molar-refractivity contribution < 1.29 is 14.3 Å². The summed E-state index contributed by atoms with van der Waals surface area (Å²) in [4.78, 5) is 21.7. The monoisotopic (exact) mass is 203 g/mol. The molecule has 0 aliphatic carbocycles. The molecule has 0 aromatic rings. The molecule has 1 amide bonds. The smallest absolute Gasteiger partial charge is 0.306 e. The van der Waals surface area contributed by atoms with Gasteiger partial charge >= 0.3 is 5.97 Å². The maximum atomic E-state index is 11.0. The summed E-state index contributed by atoms with van der Waals surface area (Å²) in [6, 6.07) is 0. The first-order chi connectivity index (χ1) is 6.22. The van der Waals surface area contributed by atoms with Crippen LogP contribution in [-0.4, -0.2) is 36.5 Å². The van der Waals surface area contributed by atoms with Crippen molar-refractivity contribution >= 4 is 23.6 Å². The van der Waals surface area contributed by atoms with Gasteiger partial charge in [0.1, 0.15) is 6.10 Å². The summed E-state index contributed by atoms with van der Waals surface area (Å²) in [6.45, 7) is 0.450. The second-order valence-electron chi connectivity index (χ2n) is 2.89. The van der Waals surface area contributed by atoms with Crippen LogP contribution in [0, 0.1) is 0 Å². The van der Waals surface area contributed by atoms with Crippen molar-refractivity contribution in [2.75, 3.05) is 18.6 Å². The largest absolute Gasteiger partial charge is 0.460 e. The van der Waals surface area contributed by atoms with Crippen molar-refractivity contribution in [3.63, 3.8) is 0 Å². The van der Waals surface area contributed by atoms with Gasteiger partial charge in [0.05, 0.1) is 12.3 Å². The number of ether oxygens (including phenoxy) is 1. The lowest BCUT2D eigenvalue weighted by Gasteiger charge is -2.09. The predicted molar refractivity (Wildman–Crippen MR) is 50.5 cm³/mol. The molecule has 13 heavy (non-hydrogen) atoms. The number of nitrogens with one attached hydrogen (secondary N) is 1. The third kappa shape index (κ3) is 3.67. The Balaban J connectivity index is 2.12. The minimum atomic E-state index is -0.163. The van der Waals surface area contributed by atoms with Gasteiger partial charge in [-0.15, -0.1) is 0 Å². The first-order valence-electron chi connectivity index (χ1n) is 4.17. The Morgan fingerprint density at radius 1 is 1.77 bits per heavy atom. The number of carbonyl (C=O) groups is 2. The summed E-state index contributed by atoms with van der Waals surface area (Å²) >= 11 is 1.47. The molecule has 1 aliphatic heterocycles. The lowest BCUT2D eigenvalue weighted by molar-refractivity contribution is -0.141. The van der Waals surface area contributed by atoms with Gasteiger partial charge in [0.25, 0.3) is 0 Å². The van der Waals surface area contributed by atoms with Gasteiger partial charge in [-0.3, -0.25) is 9.59 Å². The van der Waals surface area contributed by atoms with Crippen LogP contribution in [0.15, 0.2) is 0 Å². The zero-order valence-corrected chi connectivity index (χ0v) is 8.36. The predicted octanol–water partition coefficient (Wildman–Crippen LogP) is 0.171. The number of carbonyl (C=O) groups excluding carboxylic acids is 2. The standard InChI is InChI=1S/C8H13NO3S/c1-13-5-7(10)9-4-6-2-3-8(11)12-6/h6H,2-5H2,1H3,(H,9,10). The van der Waals surface area contributed by atoms with Crippen LogP contribution in [-0.2, 0) is 14.3 Å². The van der Waals surface area contributed by atoms with E-state index in [4.69, 9.17) is 4.74 Å². The molecule has 1 heterocycles. The van der Waals surface area contributed by atoms with Crippen LogP contribution in [0.5, 0.6) is 0 Å². The fourth-order valence-electron chi connectivity index (χ4n) is 1.14. The van der Waals surface area contributed by atoms with Gasteiger partial charge in [0.15, 0.2) is 0 Å². The lowest BCUT2D eigenvalue weighted by atomic mass is 10.2. The zero-order valence-electron chi connectivity index (χ0n) is 7.54. The topological polar surface area (TPSA) is 55.4 Å². The van der Waals surface area contributed by atoms with Gasteiger partial charge in [-0.05, 0) is 12.7 Å². The number of hydrogen-bond donors (Lipinski definition) is 1. The van der Waals surface area contributed by atoms with E-state index in [0.717, 1.165) is 6.42 Å². The molecule has 1 aliphatic rings. The quantitative estimate of drug-likeness (QED) is 0.662. The molecule has 4 nitrogen and oxygen atoms in total. The van der Waals surface area contributed by atoms with E-state index in [1.807, 2.05) is 6.26 Å². The number of thioether (sulfide) groups is 1. The van der Waals surface area contributed by atoms with Crippen LogP contribution in [0.3, 0.4) is 0 Å². The molecular formula is C8H13NO3S. The van der Waals surface area contributed by atoms with E-state index in [2.05, 4.69) is 5.32 Å². The molecule has 1 saturated heterocycles. The molecular weight excluding hydrogens is 190 g/mol. The Morgan fingerprint density at radius 2 is 2.54 bits per heavy atom. The normalized spacial score (nSPS) is 21.3. The van der Waals surface area contributed by atoms with Crippen LogP contribution in [0.1, 0.15) is 12.8 Å². The molecule has 74 valence electrons. The van der Waals surface area contributed by atoms with E-state index in [1.54, 1.807) is 0 Å². The van der Waals surface area contributed by atoms with E-state index < -0.39 is 0 Å². The Hall–Kier alpha value is -0.710. The van der Waals surface area contributed by atoms with Crippen molar-refractivity contribution in [3.05, 3.63) is 0 Å². The fraction of sp³-hybridized carbons (Fsp3) is 0.750. The second kappa shape index (κ2) is 5.11. The number of cyclic esters (lactones) is 1. The minimum absolute atomic E-state index is 0.00421. The Morgan fingerprint density at radius 3 is 3.08 bits per heavy atom. The van der Waals surface area contributed by atoms with Gasteiger partial charge < -0.3 is 10.1 Å². The third-order valence-electron chi connectivity index (χ3n) is 1.77. The summed E-state index contributed by atoms with van der Waals surface area (Å²) in [7, 11) is 0. The Labute approximate surface area is 81.4 Å². The molecule has 0 bridgehead atoms. The third-order valence-corrected chi connectivity index (χ3v) is 2.32. The molecule has 5 heteroatoms. The molecule has 1 atom stereocenters. The van der Waals surface area contributed by atoms with Gasteiger partial charge in [-0.1, -0.05) is 0 Å². The molecule has 1 unspecified atom stereocenters. The first kappa shape index (κ1) is 10.4. The summed E-state index contributed by atoms with van der Waals surface area (Å²) < 4.78 is 4.93. The van der Waals surface area contributed by atoms with Crippen molar-refractivity contribution in [1.82, 2.24) is 5.32 Å². The molecule has 0 saturated carbocycles. The average Bonchev–Trinajstić information content (AvgIpc) is 2.49. The summed E-state index contributed by atoms with van der Waals surface area (Å²) in [6.07, 6.45) is 2.95. The molecule has 1 N–H and O–H groups in total. The summed E-state index contributed by atoms with van der Waals surface area (Å²) in [5.41, 5.74) is 0. The molecule has 0 aromatic heterocycles. The van der Waals surface area contributed by atoms with E-state index >= 15 is 0 Å². The van der Waals surface area contributed by atoms with E-state index in [-0.39, 0.29) is 18.0 Å². The minimum Gasteiger partial charge on any atom is -0.460 e. The van der Waals surface area contributed by atoms with Gasteiger partial charge in [0.2, 0.25) is 5.91 Å². The van der Waals surface area contributed by atoms with E-state index in [1.165, 1.54) is 11.8 Å². The van der Waals surface area contributed by atoms with Crippen LogP contribution in [0.25, 0.3) is 0 Å². The summed E-state index contributed by atoms with van der Waals surface area (Å²) in [5.74, 6) is 0.292. The van der Waals surface area contributed by atoms with E-state index in [0.29, 0.717) is 18.7 Å². The molecule has 1 rings (SSSR count). The second-order valence-corrected chi connectivity index (χ2v) is 3.75. The first-order valence-corrected chi connectivity index (χ1v) is 5.57. The highest BCUT2D eigenvalue weighted by Crippen LogP contribution is 2.12. The van der Waals surface area contributed by atoms with Crippen molar-refractivity contribution in [2.45, 2.75) is 18.9 Å². The molecule has 1 fully saturated rings. The lowest BCUT2D eigenvalue weighted by Crippen LogP contribution is -2.33. The van der Waals surface area contributed by atoms with E-state index in [9.17, 15) is 9.59 Å². The van der Waals surface area contributed by atoms with Gasteiger partial charge in [-0.2, -0.15) is 11.8 Å². The van der Waals surface area contributed by atoms with Crippen LogP contribution in [0.2, 0.25) is 0 Å². The van der Waals surface area contributed by atoms with Gasteiger partial charge in [-0.25, -0.2) is 0 Å². The van der Waals surface area contributed by atoms with Crippen LogP contribution < -0.4 is 5.32 Å². The van der Waals surface area contributed by atoms with Gasteiger partial charge in [0, 0.05) is 6.42 Å². The van der Waals surface area contributed by atoms with Crippen molar-refractivity contribution in [3.8, 4) is 0 Å².